The summed E-state index contributed by atoms with van der Waals surface area (Å²) >= 11 is 0. The van der Waals surface area contributed by atoms with Crippen LogP contribution in [-0.4, -0.2) is 35.9 Å². The van der Waals surface area contributed by atoms with E-state index in [2.05, 4.69) is 5.10 Å². The summed E-state index contributed by atoms with van der Waals surface area (Å²) in [5.74, 6) is 1.97. The fourth-order valence-electron chi connectivity index (χ4n) is 3.06. The van der Waals surface area contributed by atoms with Gasteiger partial charge in [-0.2, -0.15) is 5.10 Å². The molecular formula is C22H20N2O4. The fraction of sp³-hybridized carbons (Fsp3) is 0.182. The molecule has 4 rings (SSSR count). The highest BCUT2D eigenvalue weighted by Crippen LogP contribution is 2.31. The zero-order chi connectivity index (χ0) is 19.3. The number of carbonyl (C=O) groups is 1. The van der Waals surface area contributed by atoms with Crippen LogP contribution in [0.1, 0.15) is 21.5 Å². The standard InChI is InChI=1S/C22H20N2O4/c1-26-20-7-4-16(13-18(20)15-24-10-2-9-23-24)3-6-19(25)17-5-8-21-22(14-17)28-12-11-27-21/h2-10,13-14H,11-12,15H2,1H3/b6-3-. The van der Waals surface area contributed by atoms with E-state index in [9.17, 15) is 4.79 Å². The maximum Gasteiger partial charge on any atom is 0.185 e. The molecule has 1 aliphatic heterocycles. The average Bonchev–Trinajstić information content (AvgIpc) is 3.25. The van der Waals surface area contributed by atoms with Gasteiger partial charge in [0.15, 0.2) is 17.3 Å². The normalized spacial score (nSPS) is 12.9. The van der Waals surface area contributed by atoms with Crippen molar-refractivity contribution in [2.75, 3.05) is 20.3 Å². The van der Waals surface area contributed by atoms with Crippen molar-refractivity contribution < 1.29 is 19.0 Å². The highest BCUT2D eigenvalue weighted by atomic mass is 16.6. The van der Waals surface area contributed by atoms with E-state index in [0.717, 1.165) is 16.9 Å². The van der Waals surface area contributed by atoms with Gasteiger partial charge >= 0.3 is 0 Å². The minimum absolute atomic E-state index is 0.0959. The Kier molecular flexibility index (Phi) is 5.10. The number of benzene rings is 2. The number of carbonyl (C=O) groups excluding carboxylic acids is 1. The molecule has 142 valence electrons. The van der Waals surface area contributed by atoms with E-state index in [1.54, 1.807) is 43.7 Å². The summed E-state index contributed by atoms with van der Waals surface area (Å²) < 4.78 is 18.3. The van der Waals surface area contributed by atoms with Crippen molar-refractivity contribution >= 4 is 11.9 Å². The Balaban J connectivity index is 1.53. The van der Waals surface area contributed by atoms with E-state index in [1.165, 1.54) is 0 Å². The molecule has 0 saturated heterocycles. The lowest BCUT2D eigenvalue weighted by molar-refractivity contribution is 0.104. The second-order valence-corrected chi connectivity index (χ2v) is 6.33. The minimum atomic E-state index is -0.0959. The van der Waals surface area contributed by atoms with E-state index in [1.807, 2.05) is 35.1 Å². The first-order valence-corrected chi connectivity index (χ1v) is 8.99. The van der Waals surface area contributed by atoms with Crippen molar-refractivity contribution in [3.8, 4) is 17.2 Å². The molecule has 0 aliphatic carbocycles. The SMILES string of the molecule is COc1ccc(/C=C\C(=O)c2ccc3c(c2)OCCO3)cc1Cn1cccn1. The van der Waals surface area contributed by atoms with E-state index in [-0.39, 0.29) is 5.78 Å². The zero-order valence-corrected chi connectivity index (χ0v) is 15.5. The van der Waals surface area contributed by atoms with Gasteiger partial charge in [0.05, 0.1) is 13.7 Å². The minimum Gasteiger partial charge on any atom is -0.496 e. The molecule has 6 nitrogen and oxygen atoms in total. The quantitative estimate of drug-likeness (QED) is 0.486. The lowest BCUT2D eigenvalue weighted by Gasteiger charge is -2.18. The first-order chi connectivity index (χ1) is 13.7. The highest BCUT2D eigenvalue weighted by Gasteiger charge is 2.14. The molecule has 0 unspecified atom stereocenters. The van der Waals surface area contributed by atoms with Crippen LogP contribution in [0.4, 0.5) is 0 Å². The number of nitrogens with zero attached hydrogens (tertiary/aromatic N) is 2. The number of allylic oxidation sites excluding steroid dienone is 1. The number of hydrogen-bond acceptors (Lipinski definition) is 5. The molecule has 3 aromatic rings. The third-order valence-corrected chi connectivity index (χ3v) is 4.45. The molecule has 0 bridgehead atoms. The molecule has 0 atom stereocenters. The molecule has 28 heavy (non-hydrogen) atoms. The lowest BCUT2D eigenvalue weighted by atomic mass is 10.1. The highest BCUT2D eigenvalue weighted by molar-refractivity contribution is 6.07. The van der Waals surface area contributed by atoms with Gasteiger partial charge in [-0.3, -0.25) is 9.48 Å². The first-order valence-electron chi connectivity index (χ1n) is 8.99. The molecule has 0 radical (unpaired) electrons. The summed E-state index contributed by atoms with van der Waals surface area (Å²) in [7, 11) is 1.64. The third-order valence-electron chi connectivity index (χ3n) is 4.45. The molecule has 6 heteroatoms. The van der Waals surface area contributed by atoms with Gasteiger partial charge in [-0.15, -0.1) is 0 Å². The van der Waals surface area contributed by atoms with Crippen LogP contribution in [0.5, 0.6) is 17.2 Å². The molecule has 0 N–H and O–H groups in total. The first kappa shape index (κ1) is 17.9. The topological polar surface area (TPSA) is 62.6 Å². The summed E-state index contributed by atoms with van der Waals surface area (Å²) in [5.41, 5.74) is 2.46. The van der Waals surface area contributed by atoms with Crippen LogP contribution in [0.2, 0.25) is 0 Å². The molecule has 0 fully saturated rings. The van der Waals surface area contributed by atoms with Crippen molar-refractivity contribution in [3.63, 3.8) is 0 Å². The van der Waals surface area contributed by atoms with Gasteiger partial charge in [-0.25, -0.2) is 0 Å². The van der Waals surface area contributed by atoms with E-state index < -0.39 is 0 Å². The van der Waals surface area contributed by atoms with Gasteiger partial charge in [0, 0.05) is 23.5 Å². The Morgan fingerprint density at radius 1 is 1.18 bits per heavy atom. The van der Waals surface area contributed by atoms with E-state index in [4.69, 9.17) is 14.2 Å². The molecule has 0 spiro atoms. The number of rotatable bonds is 6. The predicted molar refractivity (Wildman–Crippen MR) is 105 cm³/mol. The average molecular weight is 376 g/mol. The third kappa shape index (κ3) is 3.91. The molecule has 0 saturated carbocycles. The van der Waals surface area contributed by atoms with Gasteiger partial charge in [0.2, 0.25) is 0 Å². The van der Waals surface area contributed by atoms with Crippen LogP contribution in [-0.2, 0) is 6.54 Å². The molecule has 1 aliphatic rings. The van der Waals surface area contributed by atoms with Gasteiger partial charge < -0.3 is 14.2 Å². The van der Waals surface area contributed by atoms with Gasteiger partial charge in [-0.1, -0.05) is 12.1 Å². The largest absolute Gasteiger partial charge is 0.496 e. The smallest absolute Gasteiger partial charge is 0.185 e. The maximum absolute atomic E-state index is 12.5. The number of fused-ring (bicyclic) bond motifs is 1. The Bertz CT molecular complexity index is 1010. The Morgan fingerprint density at radius 3 is 2.82 bits per heavy atom. The number of methoxy groups -OCH3 is 1. The summed E-state index contributed by atoms with van der Waals surface area (Å²) in [6.45, 7) is 1.61. The molecule has 1 aromatic heterocycles. The van der Waals surface area contributed by atoms with Gasteiger partial charge in [-0.05, 0) is 48.0 Å². The predicted octanol–water partition coefficient (Wildman–Crippen LogP) is 3.61. The van der Waals surface area contributed by atoms with Crippen molar-refractivity contribution in [1.29, 1.82) is 0 Å². The van der Waals surface area contributed by atoms with E-state index in [0.29, 0.717) is 36.8 Å². The van der Waals surface area contributed by atoms with Crippen LogP contribution >= 0.6 is 0 Å². The fourth-order valence-corrected chi connectivity index (χ4v) is 3.06. The molecule has 0 amide bonds. The summed E-state index contributed by atoms with van der Waals surface area (Å²) in [6, 6.07) is 12.9. The van der Waals surface area contributed by atoms with Crippen LogP contribution in [0.3, 0.4) is 0 Å². The lowest BCUT2D eigenvalue weighted by Crippen LogP contribution is -2.15. The molecular weight excluding hydrogens is 356 g/mol. The number of ketones is 1. The van der Waals surface area contributed by atoms with Gasteiger partial charge in [0.25, 0.3) is 0 Å². The van der Waals surface area contributed by atoms with Gasteiger partial charge in [0.1, 0.15) is 19.0 Å². The van der Waals surface area contributed by atoms with Crippen LogP contribution in [0.25, 0.3) is 6.08 Å². The maximum atomic E-state index is 12.5. The Morgan fingerprint density at radius 2 is 2.04 bits per heavy atom. The van der Waals surface area contributed by atoms with Crippen molar-refractivity contribution in [2.45, 2.75) is 6.54 Å². The van der Waals surface area contributed by atoms with Crippen LogP contribution in [0, 0.1) is 0 Å². The second kappa shape index (κ2) is 8.00. The summed E-state index contributed by atoms with van der Waals surface area (Å²) in [4.78, 5) is 12.5. The number of aromatic nitrogens is 2. The summed E-state index contributed by atoms with van der Waals surface area (Å²) in [6.07, 6.45) is 6.99. The van der Waals surface area contributed by atoms with Crippen LogP contribution < -0.4 is 14.2 Å². The Labute approximate surface area is 163 Å². The van der Waals surface area contributed by atoms with Crippen molar-refractivity contribution in [1.82, 2.24) is 9.78 Å². The van der Waals surface area contributed by atoms with Crippen molar-refractivity contribution in [2.24, 2.45) is 0 Å². The molecule has 2 heterocycles. The van der Waals surface area contributed by atoms with E-state index >= 15 is 0 Å². The second-order valence-electron chi connectivity index (χ2n) is 6.33. The van der Waals surface area contributed by atoms with Crippen molar-refractivity contribution in [3.05, 3.63) is 77.6 Å². The Hall–Kier alpha value is -3.54. The zero-order valence-electron chi connectivity index (χ0n) is 15.5. The van der Waals surface area contributed by atoms with Crippen LogP contribution in [0.15, 0.2) is 60.9 Å². The molecule has 2 aromatic carbocycles. The summed E-state index contributed by atoms with van der Waals surface area (Å²) in [5, 5.41) is 4.23. The monoisotopic (exact) mass is 376 g/mol. The number of hydrogen-bond donors (Lipinski definition) is 0. The number of ether oxygens (including phenoxy) is 3.